The average molecular weight is 366 g/mol. The third kappa shape index (κ3) is 4.89. The van der Waals surface area contributed by atoms with Crippen molar-refractivity contribution in [3.8, 4) is 0 Å². The highest BCUT2D eigenvalue weighted by Crippen LogP contribution is 2.22. The minimum Gasteiger partial charge on any atom is -0.355 e. The number of hydrogen-bond donors (Lipinski definition) is 1. The van der Waals surface area contributed by atoms with E-state index >= 15 is 0 Å². The van der Waals surface area contributed by atoms with Crippen LogP contribution in [-0.4, -0.2) is 22.6 Å². The Morgan fingerprint density at radius 2 is 1.73 bits per heavy atom. The first kappa shape index (κ1) is 18.1. The molecule has 26 heavy (non-hydrogen) atoms. The Balaban J connectivity index is 1.81. The minimum absolute atomic E-state index is 0.0587. The number of rotatable bonds is 6. The van der Waals surface area contributed by atoms with Crippen LogP contribution in [0.3, 0.4) is 0 Å². The van der Waals surface area contributed by atoms with Gasteiger partial charge in [0.15, 0.2) is 0 Å². The van der Waals surface area contributed by atoms with Crippen molar-refractivity contribution < 1.29 is 4.79 Å². The highest BCUT2D eigenvalue weighted by Gasteiger charge is 2.15. The second kappa shape index (κ2) is 8.10. The number of carbonyl (C=O) groups excluding carboxylic acids is 1. The lowest BCUT2D eigenvalue weighted by Gasteiger charge is -2.24. The van der Waals surface area contributed by atoms with E-state index in [0.717, 1.165) is 21.4 Å². The molecule has 0 radical (unpaired) electrons. The average Bonchev–Trinajstić information content (AvgIpc) is 2.99. The van der Waals surface area contributed by atoms with E-state index in [1.807, 2.05) is 42.2 Å². The molecule has 1 aromatic heterocycles. The monoisotopic (exact) mass is 366 g/mol. The van der Waals surface area contributed by atoms with Crippen molar-refractivity contribution in [2.45, 2.75) is 27.3 Å². The van der Waals surface area contributed by atoms with Crippen molar-refractivity contribution in [1.29, 1.82) is 0 Å². The molecule has 0 saturated carbocycles. The molecule has 0 unspecified atom stereocenters. The number of amides is 1. The van der Waals surface area contributed by atoms with Crippen molar-refractivity contribution >= 4 is 28.6 Å². The van der Waals surface area contributed by atoms with E-state index in [9.17, 15) is 4.79 Å². The Bertz CT molecular complexity index is 872. The standard InChI is InChI=1S/C20H22N4OS/c1-14-9-15(2)11-18(10-14)24(13-20-23-22-16(3)26-20)12-19(25)21-17-7-5-4-6-8-17/h4-11H,12-13H2,1-3H3,(H,21,25). The first-order chi connectivity index (χ1) is 12.5. The molecular formula is C20H22N4OS. The summed E-state index contributed by atoms with van der Waals surface area (Å²) in [6.45, 7) is 6.86. The largest absolute Gasteiger partial charge is 0.355 e. The fourth-order valence-corrected chi connectivity index (χ4v) is 3.56. The van der Waals surface area contributed by atoms with Crippen LogP contribution in [0.15, 0.2) is 48.5 Å². The van der Waals surface area contributed by atoms with Gasteiger partial charge in [0.2, 0.25) is 5.91 Å². The molecule has 0 aliphatic rings. The molecular weight excluding hydrogens is 344 g/mol. The lowest BCUT2D eigenvalue weighted by Crippen LogP contribution is -2.33. The summed E-state index contributed by atoms with van der Waals surface area (Å²) in [6.07, 6.45) is 0. The van der Waals surface area contributed by atoms with Crippen LogP contribution in [0.5, 0.6) is 0 Å². The lowest BCUT2D eigenvalue weighted by atomic mass is 10.1. The van der Waals surface area contributed by atoms with Gasteiger partial charge in [-0.15, -0.1) is 10.2 Å². The molecule has 134 valence electrons. The lowest BCUT2D eigenvalue weighted by molar-refractivity contribution is -0.115. The van der Waals surface area contributed by atoms with Gasteiger partial charge in [0.05, 0.1) is 13.1 Å². The second-order valence-electron chi connectivity index (χ2n) is 6.33. The number of benzene rings is 2. The van der Waals surface area contributed by atoms with Gasteiger partial charge in [-0.25, -0.2) is 0 Å². The van der Waals surface area contributed by atoms with Gasteiger partial charge in [-0.1, -0.05) is 35.6 Å². The number of aromatic nitrogens is 2. The quantitative estimate of drug-likeness (QED) is 0.713. The maximum atomic E-state index is 12.6. The highest BCUT2D eigenvalue weighted by atomic mass is 32.1. The summed E-state index contributed by atoms with van der Waals surface area (Å²) in [7, 11) is 0. The molecule has 0 fully saturated rings. The predicted molar refractivity (Wildman–Crippen MR) is 107 cm³/mol. The van der Waals surface area contributed by atoms with E-state index in [0.29, 0.717) is 6.54 Å². The fourth-order valence-electron chi connectivity index (χ4n) is 2.83. The SMILES string of the molecule is Cc1cc(C)cc(N(CC(=O)Nc2ccccc2)Cc2nnc(C)s2)c1. The zero-order chi connectivity index (χ0) is 18.5. The summed E-state index contributed by atoms with van der Waals surface area (Å²) < 4.78 is 0. The van der Waals surface area contributed by atoms with Crippen LogP contribution in [0.4, 0.5) is 11.4 Å². The van der Waals surface area contributed by atoms with Gasteiger partial charge in [-0.3, -0.25) is 4.79 Å². The molecule has 0 aliphatic carbocycles. The summed E-state index contributed by atoms with van der Waals surface area (Å²) in [5.74, 6) is -0.0587. The molecule has 1 amide bonds. The van der Waals surface area contributed by atoms with Crippen LogP contribution in [0.1, 0.15) is 21.1 Å². The van der Waals surface area contributed by atoms with Gasteiger partial charge in [0.1, 0.15) is 10.0 Å². The van der Waals surface area contributed by atoms with Gasteiger partial charge in [0, 0.05) is 11.4 Å². The molecule has 0 atom stereocenters. The number of carbonyl (C=O) groups is 1. The molecule has 2 aromatic carbocycles. The van der Waals surface area contributed by atoms with Gasteiger partial charge in [-0.05, 0) is 56.2 Å². The van der Waals surface area contributed by atoms with E-state index in [4.69, 9.17) is 0 Å². The van der Waals surface area contributed by atoms with Crippen LogP contribution < -0.4 is 10.2 Å². The second-order valence-corrected chi connectivity index (χ2v) is 7.60. The number of nitrogens with zero attached hydrogens (tertiary/aromatic N) is 3. The van der Waals surface area contributed by atoms with Gasteiger partial charge >= 0.3 is 0 Å². The summed E-state index contributed by atoms with van der Waals surface area (Å²) in [6, 6.07) is 15.8. The molecule has 3 rings (SSSR count). The Labute approximate surface area is 157 Å². The van der Waals surface area contributed by atoms with Crippen molar-refractivity contribution in [1.82, 2.24) is 10.2 Å². The summed E-state index contributed by atoms with van der Waals surface area (Å²) in [5.41, 5.74) is 4.15. The molecule has 1 N–H and O–H groups in total. The summed E-state index contributed by atoms with van der Waals surface area (Å²) in [4.78, 5) is 14.6. The van der Waals surface area contributed by atoms with E-state index < -0.39 is 0 Å². The maximum absolute atomic E-state index is 12.6. The molecule has 3 aromatic rings. The third-order valence-electron chi connectivity index (χ3n) is 3.86. The van der Waals surface area contributed by atoms with Crippen molar-refractivity contribution in [2.24, 2.45) is 0 Å². The molecule has 1 heterocycles. The van der Waals surface area contributed by atoms with E-state index in [2.05, 4.69) is 47.6 Å². The van der Waals surface area contributed by atoms with Crippen molar-refractivity contribution in [3.05, 3.63) is 69.7 Å². The van der Waals surface area contributed by atoms with Crippen LogP contribution in [0.25, 0.3) is 0 Å². The number of anilines is 2. The minimum atomic E-state index is -0.0587. The fraction of sp³-hybridized carbons (Fsp3) is 0.250. The first-order valence-corrected chi connectivity index (χ1v) is 9.28. The van der Waals surface area contributed by atoms with Crippen molar-refractivity contribution in [3.63, 3.8) is 0 Å². The number of aryl methyl sites for hydroxylation is 3. The number of hydrogen-bond acceptors (Lipinski definition) is 5. The van der Waals surface area contributed by atoms with E-state index in [1.54, 1.807) is 11.3 Å². The smallest absolute Gasteiger partial charge is 0.243 e. The highest BCUT2D eigenvalue weighted by molar-refractivity contribution is 7.11. The number of para-hydroxylation sites is 1. The molecule has 0 bridgehead atoms. The molecule has 0 saturated heterocycles. The zero-order valence-corrected chi connectivity index (χ0v) is 16.0. The molecule has 6 heteroatoms. The summed E-state index contributed by atoms with van der Waals surface area (Å²) in [5, 5.41) is 13.1. The number of nitrogens with one attached hydrogen (secondary N) is 1. The molecule has 0 spiro atoms. The zero-order valence-electron chi connectivity index (χ0n) is 15.2. The first-order valence-electron chi connectivity index (χ1n) is 8.47. The molecule has 5 nitrogen and oxygen atoms in total. The van der Waals surface area contributed by atoms with E-state index in [1.165, 1.54) is 11.1 Å². The van der Waals surface area contributed by atoms with Gasteiger partial charge < -0.3 is 10.2 Å². The summed E-state index contributed by atoms with van der Waals surface area (Å²) >= 11 is 1.55. The Morgan fingerprint density at radius 1 is 1.04 bits per heavy atom. The van der Waals surface area contributed by atoms with Gasteiger partial charge in [-0.2, -0.15) is 0 Å². The third-order valence-corrected chi connectivity index (χ3v) is 4.68. The van der Waals surface area contributed by atoms with Gasteiger partial charge in [0.25, 0.3) is 0 Å². The van der Waals surface area contributed by atoms with Crippen molar-refractivity contribution in [2.75, 3.05) is 16.8 Å². The van der Waals surface area contributed by atoms with E-state index in [-0.39, 0.29) is 12.5 Å². The maximum Gasteiger partial charge on any atom is 0.243 e. The van der Waals surface area contributed by atoms with Crippen LogP contribution >= 0.6 is 11.3 Å². The van der Waals surface area contributed by atoms with Crippen LogP contribution in [0, 0.1) is 20.8 Å². The van der Waals surface area contributed by atoms with Crippen LogP contribution in [-0.2, 0) is 11.3 Å². The Kier molecular flexibility index (Phi) is 5.63. The molecule has 0 aliphatic heterocycles. The normalized spacial score (nSPS) is 10.6. The topological polar surface area (TPSA) is 58.1 Å². The predicted octanol–water partition coefficient (Wildman–Crippen LogP) is 4.11. The Hall–Kier alpha value is -2.73. The van der Waals surface area contributed by atoms with Crippen LogP contribution in [0.2, 0.25) is 0 Å². The Morgan fingerprint density at radius 3 is 2.35 bits per heavy atom.